The first kappa shape index (κ1) is 16.2. The maximum atomic E-state index is 9.31. The number of aliphatic hydroxyl groups excluding tert-OH is 2. The minimum atomic E-state index is -0.513. The maximum Gasteiger partial charge on any atom is 0.123 e. The van der Waals surface area contributed by atoms with E-state index >= 15 is 0 Å². The second-order valence-corrected chi connectivity index (χ2v) is 5.69. The van der Waals surface area contributed by atoms with Crippen LogP contribution in [0.1, 0.15) is 12.5 Å². The summed E-state index contributed by atoms with van der Waals surface area (Å²) in [5.74, 6) is 0.783. The molecule has 0 radical (unpaired) electrons. The van der Waals surface area contributed by atoms with Crippen LogP contribution in [-0.2, 0) is 6.54 Å². The summed E-state index contributed by atoms with van der Waals surface area (Å²) in [6, 6.07) is 5.49. The Kier molecular flexibility index (Phi) is 6.07. The van der Waals surface area contributed by atoms with Gasteiger partial charge in [-0.05, 0) is 25.2 Å². The van der Waals surface area contributed by atoms with Crippen LogP contribution in [0.15, 0.2) is 18.2 Å². The minimum absolute atomic E-state index is 0.0550. The Labute approximate surface area is 119 Å². The molecule has 2 N–H and O–H groups in total. The van der Waals surface area contributed by atoms with E-state index in [-0.39, 0.29) is 13.2 Å². The molecule has 4 nitrogen and oxygen atoms in total. The van der Waals surface area contributed by atoms with Crippen molar-refractivity contribution in [3.05, 3.63) is 28.8 Å². The van der Waals surface area contributed by atoms with Gasteiger partial charge in [0.15, 0.2) is 0 Å². The van der Waals surface area contributed by atoms with Crippen LogP contribution in [0.5, 0.6) is 5.75 Å². The lowest BCUT2D eigenvalue weighted by molar-refractivity contribution is 0.0400. The van der Waals surface area contributed by atoms with Crippen molar-refractivity contribution in [1.82, 2.24) is 4.90 Å². The SMILES string of the molecule is COc1ccc(Cl)cc1CN(C)CC(C)(CO)CO. The third kappa shape index (κ3) is 4.66. The van der Waals surface area contributed by atoms with E-state index in [9.17, 15) is 10.2 Å². The number of halogens is 1. The van der Waals surface area contributed by atoms with E-state index in [0.29, 0.717) is 18.1 Å². The van der Waals surface area contributed by atoms with Crippen molar-refractivity contribution >= 4 is 11.6 Å². The fourth-order valence-corrected chi connectivity index (χ4v) is 2.21. The van der Waals surface area contributed by atoms with E-state index in [1.807, 2.05) is 31.0 Å². The number of methoxy groups -OCH3 is 1. The number of rotatable bonds is 7. The number of benzene rings is 1. The van der Waals surface area contributed by atoms with Crippen molar-refractivity contribution in [3.63, 3.8) is 0 Å². The largest absolute Gasteiger partial charge is 0.496 e. The number of aliphatic hydroxyl groups is 2. The lowest BCUT2D eigenvalue weighted by Crippen LogP contribution is -2.38. The van der Waals surface area contributed by atoms with Crippen LogP contribution in [0, 0.1) is 5.41 Å². The summed E-state index contributed by atoms with van der Waals surface area (Å²) in [5, 5.41) is 19.3. The van der Waals surface area contributed by atoms with Gasteiger partial charge in [-0.15, -0.1) is 0 Å². The van der Waals surface area contributed by atoms with E-state index in [1.54, 1.807) is 13.2 Å². The molecule has 5 heteroatoms. The zero-order valence-electron chi connectivity index (χ0n) is 11.7. The molecule has 0 saturated carbocycles. The van der Waals surface area contributed by atoms with Gasteiger partial charge in [0.2, 0.25) is 0 Å². The van der Waals surface area contributed by atoms with E-state index in [1.165, 1.54) is 0 Å². The highest BCUT2D eigenvalue weighted by Crippen LogP contribution is 2.25. The highest BCUT2D eigenvalue weighted by molar-refractivity contribution is 6.30. The molecule has 0 amide bonds. The molecule has 0 spiro atoms. The zero-order chi connectivity index (χ0) is 14.5. The Morgan fingerprint density at radius 1 is 1.32 bits per heavy atom. The van der Waals surface area contributed by atoms with Crippen LogP contribution in [-0.4, -0.2) is 49.0 Å². The topological polar surface area (TPSA) is 52.9 Å². The molecular weight excluding hydrogens is 266 g/mol. The molecule has 0 aliphatic heterocycles. The van der Waals surface area contributed by atoms with Gasteiger partial charge in [-0.1, -0.05) is 18.5 Å². The molecule has 1 aromatic rings. The van der Waals surface area contributed by atoms with Gasteiger partial charge in [-0.3, -0.25) is 0 Å². The van der Waals surface area contributed by atoms with Crippen LogP contribution in [0.2, 0.25) is 5.02 Å². The molecule has 0 aliphatic carbocycles. The number of ether oxygens (including phenoxy) is 1. The monoisotopic (exact) mass is 287 g/mol. The molecule has 0 saturated heterocycles. The van der Waals surface area contributed by atoms with Crippen LogP contribution < -0.4 is 4.74 Å². The maximum absolute atomic E-state index is 9.31. The van der Waals surface area contributed by atoms with Crippen LogP contribution in [0.3, 0.4) is 0 Å². The third-order valence-electron chi connectivity index (χ3n) is 3.10. The highest BCUT2D eigenvalue weighted by Gasteiger charge is 2.24. The fraction of sp³-hybridized carbons (Fsp3) is 0.571. The first-order chi connectivity index (χ1) is 8.94. The average molecular weight is 288 g/mol. The Balaban J connectivity index is 2.76. The van der Waals surface area contributed by atoms with Gasteiger partial charge >= 0.3 is 0 Å². The van der Waals surface area contributed by atoms with Crippen molar-refractivity contribution in [2.24, 2.45) is 5.41 Å². The van der Waals surface area contributed by atoms with Gasteiger partial charge in [-0.25, -0.2) is 0 Å². The van der Waals surface area contributed by atoms with Crippen LogP contribution in [0.25, 0.3) is 0 Å². The molecule has 0 heterocycles. The molecule has 1 rings (SSSR count). The zero-order valence-corrected chi connectivity index (χ0v) is 12.4. The van der Waals surface area contributed by atoms with Crippen molar-refractivity contribution in [1.29, 1.82) is 0 Å². The Hall–Kier alpha value is -0.810. The van der Waals surface area contributed by atoms with E-state index < -0.39 is 5.41 Å². The predicted octanol–water partition coefficient (Wildman–Crippen LogP) is 1.77. The number of hydrogen-bond donors (Lipinski definition) is 2. The summed E-state index contributed by atoms with van der Waals surface area (Å²) in [4.78, 5) is 2.03. The van der Waals surface area contributed by atoms with E-state index in [0.717, 1.165) is 11.3 Å². The molecule has 0 unspecified atom stereocenters. The van der Waals surface area contributed by atoms with Gasteiger partial charge in [0.1, 0.15) is 5.75 Å². The summed E-state index contributed by atoms with van der Waals surface area (Å²) in [6.45, 7) is 2.95. The van der Waals surface area contributed by atoms with Gasteiger partial charge in [0.05, 0.1) is 20.3 Å². The summed E-state index contributed by atoms with van der Waals surface area (Å²) < 4.78 is 5.30. The Morgan fingerprint density at radius 2 is 1.95 bits per heavy atom. The molecule has 19 heavy (non-hydrogen) atoms. The van der Waals surface area contributed by atoms with E-state index in [4.69, 9.17) is 16.3 Å². The normalized spacial score (nSPS) is 11.9. The summed E-state index contributed by atoms with van der Waals surface area (Å²) in [6.07, 6.45) is 0. The summed E-state index contributed by atoms with van der Waals surface area (Å²) in [7, 11) is 3.56. The van der Waals surface area contributed by atoms with Gasteiger partial charge in [0.25, 0.3) is 0 Å². The lowest BCUT2D eigenvalue weighted by Gasteiger charge is -2.30. The van der Waals surface area contributed by atoms with E-state index in [2.05, 4.69) is 0 Å². The number of nitrogens with zero attached hydrogens (tertiary/aromatic N) is 1. The number of hydrogen-bond acceptors (Lipinski definition) is 4. The van der Waals surface area contributed by atoms with Crippen molar-refractivity contribution in [3.8, 4) is 5.75 Å². The van der Waals surface area contributed by atoms with Gasteiger partial charge in [-0.2, -0.15) is 0 Å². The lowest BCUT2D eigenvalue weighted by atomic mass is 9.92. The van der Waals surface area contributed by atoms with Crippen molar-refractivity contribution in [2.45, 2.75) is 13.5 Å². The predicted molar refractivity (Wildman–Crippen MR) is 76.6 cm³/mol. The average Bonchev–Trinajstić information content (AvgIpc) is 2.38. The Morgan fingerprint density at radius 3 is 2.47 bits per heavy atom. The summed E-state index contributed by atoms with van der Waals surface area (Å²) >= 11 is 5.99. The van der Waals surface area contributed by atoms with Gasteiger partial charge in [0, 0.05) is 29.1 Å². The minimum Gasteiger partial charge on any atom is -0.496 e. The molecule has 0 atom stereocenters. The first-order valence-corrected chi connectivity index (χ1v) is 6.54. The third-order valence-corrected chi connectivity index (χ3v) is 3.33. The smallest absolute Gasteiger partial charge is 0.123 e. The molecule has 1 aromatic carbocycles. The quantitative estimate of drug-likeness (QED) is 0.803. The second kappa shape index (κ2) is 7.10. The van der Waals surface area contributed by atoms with Crippen LogP contribution >= 0.6 is 11.6 Å². The summed E-state index contributed by atoms with van der Waals surface area (Å²) in [5.41, 5.74) is 0.469. The molecule has 108 valence electrons. The van der Waals surface area contributed by atoms with Gasteiger partial charge < -0.3 is 19.8 Å². The van der Waals surface area contributed by atoms with Crippen molar-refractivity contribution in [2.75, 3.05) is 33.9 Å². The second-order valence-electron chi connectivity index (χ2n) is 5.26. The molecule has 0 bridgehead atoms. The molecule has 0 aliphatic rings. The highest BCUT2D eigenvalue weighted by atomic mass is 35.5. The van der Waals surface area contributed by atoms with Crippen molar-refractivity contribution < 1.29 is 14.9 Å². The molecular formula is C14H22ClNO3. The standard InChI is InChI=1S/C14H22ClNO3/c1-14(9-17,10-18)8-16(2)7-11-6-12(15)4-5-13(11)19-3/h4-6,17-18H,7-10H2,1-3H3. The molecule has 0 aromatic heterocycles. The van der Waals surface area contributed by atoms with Crippen LogP contribution in [0.4, 0.5) is 0 Å². The first-order valence-electron chi connectivity index (χ1n) is 6.17. The molecule has 0 fully saturated rings. The fourth-order valence-electron chi connectivity index (χ4n) is 2.02. The Bertz CT molecular complexity index is 408.